The fourth-order valence-electron chi connectivity index (χ4n) is 3.42. The summed E-state index contributed by atoms with van der Waals surface area (Å²) >= 11 is 0. The molecule has 1 aromatic carbocycles. The third-order valence-electron chi connectivity index (χ3n) is 4.97. The molecule has 1 atom stereocenters. The van der Waals surface area contributed by atoms with Gasteiger partial charge in [0.25, 0.3) is 0 Å². The summed E-state index contributed by atoms with van der Waals surface area (Å²) in [5.74, 6) is 1.79. The zero-order chi connectivity index (χ0) is 17.2. The number of benzene rings is 1. The van der Waals surface area contributed by atoms with Crippen LogP contribution in [0.1, 0.15) is 42.7 Å². The molecule has 1 fully saturated rings. The summed E-state index contributed by atoms with van der Waals surface area (Å²) in [6, 6.07) is 6.23. The maximum atomic E-state index is 12.1. The van der Waals surface area contributed by atoms with Crippen LogP contribution in [0.4, 0.5) is 0 Å². The predicted octanol–water partition coefficient (Wildman–Crippen LogP) is 2.91. The van der Waals surface area contributed by atoms with Crippen molar-refractivity contribution in [2.75, 3.05) is 19.8 Å². The Morgan fingerprint density at radius 3 is 2.96 bits per heavy atom. The Hall–Kier alpha value is -2.21. The van der Waals surface area contributed by atoms with Gasteiger partial charge in [-0.25, -0.2) is 0 Å². The molecule has 0 spiro atoms. The normalized spacial score (nSPS) is 19.5. The fourth-order valence-corrected chi connectivity index (χ4v) is 3.42. The standard InChI is InChI=1S/C19H22N2O4/c1-2-17-20-19(21-25-17)15-5-6-16-13(7-15)3-4-14(16)8-18(22)24-11-12-9-23-10-12/h5-7,12,14H,2-4,8-11H2,1H3/t14-/m0/s1. The zero-order valence-corrected chi connectivity index (χ0v) is 14.4. The molecule has 2 heterocycles. The highest BCUT2D eigenvalue weighted by molar-refractivity contribution is 5.71. The van der Waals surface area contributed by atoms with Crippen LogP contribution in [0.5, 0.6) is 0 Å². The minimum atomic E-state index is -0.111. The van der Waals surface area contributed by atoms with E-state index in [0.29, 0.717) is 43.9 Å². The van der Waals surface area contributed by atoms with Gasteiger partial charge in [-0.2, -0.15) is 4.98 Å². The molecule has 0 bridgehead atoms. The van der Waals surface area contributed by atoms with Crippen LogP contribution in [0.3, 0.4) is 0 Å². The molecular formula is C19H22N2O4. The van der Waals surface area contributed by atoms with Crippen LogP contribution in [-0.2, 0) is 27.1 Å². The lowest BCUT2D eigenvalue weighted by Gasteiger charge is -2.25. The van der Waals surface area contributed by atoms with E-state index in [0.717, 1.165) is 24.8 Å². The topological polar surface area (TPSA) is 74.5 Å². The molecule has 1 aromatic heterocycles. The molecule has 0 unspecified atom stereocenters. The summed E-state index contributed by atoms with van der Waals surface area (Å²) in [4.78, 5) is 16.5. The van der Waals surface area contributed by atoms with E-state index in [2.05, 4.69) is 22.3 Å². The lowest BCUT2D eigenvalue weighted by molar-refractivity contribution is -0.151. The highest BCUT2D eigenvalue weighted by Crippen LogP contribution is 2.37. The van der Waals surface area contributed by atoms with Crippen molar-refractivity contribution in [1.29, 1.82) is 0 Å². The van der Waals surface area contributed by atoms with Gasteiger partial charge < -0.3 is 14.0 Å². The highest BCUT2D eigenvalue weighted by atomic mass is 16.5. The second-order valence-corrected chi connectivity index (χ2v) is 6.81. The van der Waals surface area contributed by atoms with E-state index in [1.165, 1.54) is 11.1 Å². The van der Waals surface area contributed by atoms with Gasteiger partial charge in [0.2, 0.25) is 11.7 Å². The summed E-state index contributed by atoms with van der Waals surface area (Å²) in [7, 11) is 0. The van der Waals surface area contributed by atoms with Crippen LogP contribution in [0, 0.1) is 5.92 Å². The van der Waals surface area contributed by atoms with E-state index < -0.39 is 0 Å². The van der Waals surface area contributed by atoms with Crippen molar-refractivity contribution >= 4 is 5.97 Å². The predicted molar refractivity (Wildman–Crippen MR) is 90.1 cm³/mol. The average Bonchev–Trinajstić information content (AvgIpc) is 3.20. The minimum Gasteiger partial charge on any atom is -0.465 e. The van der Waals surface area contributed by atoms with E-state index in [9.17, 15) is 4.79 Å². The minimum absolute atomic E-state index is 0.111. The average molecular weight is 342 g/mol. The van der Waals surface area contributed by atoms with Crippen LogP contribution in [0.25, 0.3) is 11.4 Å². The smallest absolute Gasteiger partial charge is 0.306 e. The molecule has 25 heavy (non-hydrogen) atoms. The first-order valence-electron chi connectivity index (χ1n) is 8.92. The first kappa shape index (κ1) is 16.3. The van der Waals surface area contributed by atoms with Crippen LogP contribution < -0.4 is 0 Å². The number of nitrogens with zero attached hydrogens (tertiary/aromatic N) is 2. The van der Waals surface area contributed by atoms with Crippen molar-refractivity contribution in [3.8, 4) is 11.4 Å². The monoisotopic (exact) mass is 342 g/mol. The molecule has 1 aliphatic heterocycles. The summed E-state index contributed by atoms with van der Waals surface area (Å²) in [5.41, 5.74) is 3.48. The van der Waals surface area contributed by atoms with Gasteiger partial charge in [-0.1, -0.05) is 24.2 Å². The number of rotatable bonds is 6. The number of esters is 1. The van der Waals surface area contributed by atoms with Gasteiger partial charge >= 0.3 is 5.97 Å². The number of carbonyl (C=O) groups excluding carboxylic acids is 1. The highest BCUT2D eigenvalue weighted by Gasteiger charge is 2.27. The van der Waals surface area contributed by atoms with Gasteiger partial charge in [0, 0.05) is 17.9 Å². The third-order valence-corrected chi connectivity index (χ3v) is 4.97. The Balaban J connectivity index is 1.41. The first-order chi connectivity index (χ1) is 12.2. The molecule has 2 aromatic rings. The number of hydrogen-bond donors (Lipinski definition) is 0. The molecule has 4 rings (SSSR count). The maximum absolute atomic E-state index is 12.1. The van der Waals surface area contributed by atoms with E-state index >= 15 is 0 Å². The van der Waals surface area contributed by atoms with Crippen molar-refractivity contribution in [1.82, 2.24) is 10.1 Å². The molecule has 0 saturated carbocycles. The lowest BCUT2D eigenvalue weighted by atomic mass is 9.97. The summed E-state index contributed by atoms with van der Waals surface area (Å²) in [6.45, 7) is 3.88. The van der Waals surface area contributed by atoms with Crippen LogP contribution in [0.2, 0.25) is 0 Å². The first-order valence-corrected chi connectivity index (χ1v) is 8.92. The van der Waals surface area contributed by atoms with Crippen LogP contribution >= 0.6 is 0 Å². The molecule has 1 aliphatic carbocycles. The number of ether oxygens (including phenoxy) is 2. The molecule has 2 aliphatic rings. The van der Waals surface area contributed by atoms with E-state index in [-0.39, 0.29) is 11.9 Å². The number of aryl methyl sites for hydroxylation is 2. The van der Waals surface area contributed by atoms with Crippen molar-refractivity contribution in [2.24, 2.45) is 5.92 Å². The van der Waals surface area contributed by atoms with E-state index in [4.69, 9.17) is 14.0 Å². The van der Waals surface area contributed by atoms with Gasteiger partial charge in [0.05, 0.1) is 26.2 Å². The van der Waals surface area contributed by atoms with Crippen molar-refractivity contribution in [3.63, 3.8) is 0 Å². The summed E-state index contributed by atoms with van der Waals surface area (Å²) in [6.07, 6.45) is 3.13. The number of aromatic nitrogens is 2. The largest absolute Gasteiger partial charge is 0.465 e. The second-order valence-electron chi connectivity index (χ2n) is 6.81. The Morgan fingerprint density at radius 1 is 1.36 bits per heavy atom. The molecule has 132 valence electrons. The van der Waals surface area contributed by atoms with Gasteiger partial charge in [-0.3, -0.25) is 4.79 Å². The maximum Gasteiger partial charge on any atom is 0.306 e. The Kier molecular flexibility index (Phi) is 4.53. The van der Waals surface area contributed by atoms with E-state index in [1.807, 2.05) is 13.0 Å². The Morgan fingerprint density at radius 2 is 2.24 bits per heavy atom. The molecule has 0 radical (unpaired) electrons. The second kappa shape index (κ2) is 6.96. The summed E-state index contributed by atoms with van der Waals surface area (Å²) in [5, 5.41) is 4.03. The van der Waals surface area contributed by atoms with Crippen molar-refractivity contribution < 1.29 is 18.8 Å². The van der Waals surface area contributed by atoms with E-state index in [1.54, 1.807) is 0 Å². The molecule has 0 N–H and O–H groups in total. The Bertz CT molecular complexity index is 767. The molecule has 1 saturated heterocycles. The van der Waals surface area contributed by atoms with Crippen LogP contribution in [0.15, 0.2) is 22.7 Å². The van der Waals surface area contributed by atoms with Crippen molar-refractivity contribution in [2.45, 2.75) is 38.5 Å². The Labute approximate surface area is 146 Å². The molecule has 6 nitrogen and oxygen atoms in total. The van der Waals surface area contributed by atoms with Gasteiger partial charge in [-0.15, -0.1) is 0 Å². The zero-order valence-electron chi connectivity index (χ0n) is 14.4. The quantitative estimate of drug-likeness (QED) is 0.752. The van der Waals surface area contributed by atoms with Crippen LogP contribution in [-0.4, -0.2) is 35.9 Å². The van der Waals surface area contributed by atoms with Gasteiger partial charge in [-0.05, 0) is 36.0 Å². The lowest BCUT2D eigenvalue weighted by Crippen LogP contribution is -2.32. The van der Waals surface area contributed by atoms with Crippen molar-refractivity contribution in [3.05, 3.63) is 35.2 Å². The fraction of sp³-hybridized carbons (Fsp3) is 0.526. The van der Waals surface area contributed by atoms with Gasteiger partial charge in [0.15, 0.2) is 0 Å². The molecule has 6 heteroatoms. The number of carbonyl (C=O) groups is 1. The third kappa shape index (κ3) is 3.44. The SMILES string of the molecule is CCc1nc(-c2ccc3c(c2)CC[C@H]3CC(=O)OCC2COC2)no1. The molecular weight excluding hydrogens is 320 g/mol. The van der Waals surface area contributed by atoms with Gasteiger partial charge in [0.1, 0.15) is 0 Å². The number of fused-ring (bicyclic) bond motifs is 1. The summed E-state index contributed by atoms with van der Waals surface area (Å²) < 4.78 is 15.7. The molecule has 0 amide bonds. The number of hydrogen-bond acceptors (Lipinski definition) is 6.